The molecule has 1 aliphatic heterocycles. The zero-order valence-corrected chi connectivity index (χ0v) is 20.3. The normalized spacial score (nSPS) is 14.8. The van der Waals surface area contributed by atoms with Crippen LogP contribution in [-0.2, 0) is 14.6 Å². The molecule has 0 radical (unpaired) electrons. The molecule has 1 saturated heterocycles. The molecule has 0 unspecified atom stereocenters. The van der Waals surface area contributed by atoms with Crippen LogP contribution < -0.4 is 4.90 Å². The highest BCUT2D eigenvalue weighted by Gasteiger charge is 2.34. The molecule has 0 saturated carbocycles. The number of oxazole rings is 1. The van der Waals surface area contributed by atoms with Crippen molar-refractivity contribution in [2.45, 2.75) is 36.3 Å². The second-order valence-corrected chi connectivity index (χ2v) is 10.9. The third kappa shape index (κ3) is 5.29. The molecule has 1 amide bonds. The fourth-order valence-electron chi connectivity index (χ4n) is 3.57. The number of anilines is 1. The predicted octanol–water partition coefficient (Wildman–Crippen LogP) is 4.51. The van der Waals surface area contributed by atoms with Gasteiger partial charge in [-0.2, -0.15) is 4.98 Å². The molecule has 1 fully saturated rings. The topological polar surface area (TPSA) is 92.9 Å². The Hall–Kier alpha value is -3.47. The summed E-state index contributed by atoms with van der Waals surface area (Å²) in [6.45, 7) is 6.28. The third-order valence-corrected chi connectivity index (χ3v) is 6.95. The molecule has 1 aliphatic rings. The lowest BCUT2D eigenvalue weighted by Gasteiger charge is -2.35. The summed E-state index contributed by atoms with van der Waals surface area (Å²) >= 11 is 0. The van der Waals surface area contributed by atoms with E-state index in [2.05, 4.69) is 4.98 Å². The lowest BCUT2D eigenvalue weighted by molar-refractivity contribution is 0.0239. The molecule has 0 N–H and O–H groups in total. The van der Waals surface area contributed by atoms with E-state index in [1.165, 1.54) is 23.1 Å². The molecular formula is C24H25F2N3O5S. The van der Waals surface area contributed by atoms with Crippen LogP contribution in [0.1, 0.15) is 20.8 Å². The van der Waals surface area contributed by atoms with Crippen LogP contribution in [0.4, 0.5) is 19.5 Å². The van der Waals surface area contributed by atoms with Crippen molar-refractivity contribution < 1.29 is 31.1 Å². The zero-order chi connectivity index (χ0) is 25.4. The first kappa shape index (κ1) is 24.6. The largest absolute Gasteiger partial charge is 0.444 e. The SMILES string of the molecule is CC(C)(C)OC(=O)N1CCN(c2oc(-c3ccccc3F)nc2S(=O)(=O)c2ccc(F)cc2)CC1. The van der Waals surface area contributed by atoms with Crippen LogP contribution in [0.25, 0.3) is 11.5 Å². The maximum Gasteiger partial charge on any atom is 0.410 e. The van der Waals surface area contributed by atoms with Gasteiger partial charge < -0.3 is 19.0 Å². The Morgan fingerprint density at radius 2 is 1.63 bits per heavy atom. The van der Waals surface area contributed by atoms with E-state index in [0.717, 1.165) is 24.3 Å². The lowest BCUT2D eigenvalue weighted by Crippen LogP contribution is -2.50. The van der Waals surface area contributed by atoms with Crippen molar-refractivity contribution in [1.29, 1.82) is 0 Å². The van der Waals surface area contributed by atoms with Gasteiger partial charge in [0.05, 0.1) is 10.5 Å². The van der Waals surface area contributed by atoms with Crippen LogP contribution in [0, 0.1) is 11.6 Å². The molecule has 0 atom stereocenters. The predicted molar refractivity (Wildman–Crippen MR) is 124 cm³/mol. The van der Waals surface area contributed by atoms with Crippen molar-refractivity contribution >= 4 is 21.8 Å². The van der Waals surface area contributed by atoms with Gasteiger partial charge in [-0.3, -0.25) is 0 Å². The molecule has 2 heterocycles. The molecule has 0 spiro atoms. The molecule has 11 heteroatoms. The van der Waals surface area contributed by atoms with Crippen LogP contribution in [0.3, 0.4) is 0 Å². The Labute approximate surface area is 202 Å². The second kappa shape index (κ2) is 9.29. The first-order valence-electron chi connectivity index (χ1n) is 10.9. The highest BCUT2D eigenvalue weighted by Crippen LogP contribution is 2.36. The highest BCUT2D eigenvalue weighted by molar-refractivity contribution is 7.91. The summed E-state index contributed by atoms with van der Waals surface area (Å²) in [5.41, 5.74) is -0.647. The van der Waals surface area contributed by atoms with Crippen LogP contribution in [0.5, 0.6) is 0 Å². The summed E-state index contributed by atoms with van der Waals surface area (Å²) in [4.78, 5) is 19.5. The smallest absolute Gasteiger partial charge is 0.410 e. The Kier molecular flexibility index (Phi) is 6.54. The van der Waals surface area contributed by atoms with Crippen LogP contribution in [0.2, 0.25) is 0 Å². The van der Waals surface area contributed by atoms with Gasteiger partial charge in [0.2, 0.25) is 26.6 Å². The van der Waals surface area contributed by atoms with Crippen LogP contribution in [0.15, 0.2) is 62.9 Å². The van der Waals surface area contributed by atoms with Crippen LogP contribution in [-0.4, -0.2) is 56.2 Å². The zero-order valence-electron chi connectivity index (χ0n) is 19.5. The van der Waals surface area contributed by atoms with Gasteiger partial charge in [-0.05, 0) is 57.2 Å². The van der Waals surface area contributed by atoms with Gasteiger partial charge in [-0.25, -0.2) is 22.0 Å². The number of amides is 1. The molecule has 35 heavy (non-hydrogen) atoms. The van der Waals surface area contributed by atoms with E-state index in [0.29, 0.717) is 0 Å². The number of aromatic nitrogens is 1. The van der Waals surface area contributed by atoms with Crippen molar-refractivity contribution in [3.63, 3.8) is 0 Å². The average Bonchev–Trinajstić information content (AvgIpc) is 3.25. The Balaban J connectivity index is 1.69. The van der Waals surface area contributed by atoms with E-state index in [4.69, 9.17) is 9.15 Å². The fraction of sp³-hybridized carbons (Fsp3) is 0.333. The molecule has 8 nitrogen and oxygen atoms in total. The molecule has 0 aliphatic carbocycles. The number of hydrogen-bond acceptors (Lipinski definition) is 7. The number of rotatable bonds is 4. The Bertz CT molecular complexity index is 1330. The maximum absolute atomic E-state index is 14.4. The molecular weight excluding hydrogens is 480 g/mol. The second-order valence-electron chi connectivity index (χ2n) is 9.02. The van der Waals surface area contributed by atoms with Crippen LogP contribution >= 0.6 is 0 Å². The maximum atomic E-state index is 14.4. The van der Waals surface area contributed by atoms with E-state index in [-0.39, 0.29) is 48.4 Å². The number of nitrogens with zero attached hydrogens (tertiary/aromatic N) is 3. The highest BCUT2D eigenvalue weighted by atomic mass is 32.2. The fourth-order valence-corrected chi connectivity index (χ4v) is 4.89. The minimum Gasteiger partial charge on any atom is -0.444 e. The summed E-state index contributed by atoms with van der Waals surface area (Å²) in [5, 5.41) is -0.409. The Morgan fingerprint density at radius 3 is 2.23 bits per heavy atom. The minimum absolute atomic E-state index is 0.00157. The molecule has 4 rings (SSSR count). The van der Waals surface area contributed by atoms with Gasteiger partial charge in [-0.1, -0.05) is 12.1 Å². The summed E-state index contributed by atoms with van der Waals surface area (Å²) in [6, 6.07) is 10.0. The number of carbonyl (C=O) groups is 1. The van der Waals surface area contributed by atoms with E-state index in [1.54, 1.807) is 31.7 Å². The number of piperazine rings is 1. The van der Waals surface area contributed by atoms with Crippen molar-refractivity contribution in [3.8, 4) is 11.5 Å². The first-order valence-corrected chi connectivity index (χ1v) is 12.4. The summed E-state index contributed by atoms with van der Waals surface area (Å²) in [7, 11) is -4.23. The van der Waals surface area contributed by atoms with Crippen molar-refractivity contribution in [3.05, 3.63) is 60.2 Å². The van der Waals surface area contributed by atoms with E-state index >= 15 is 0 Å². The summed E-state index contributed by atoms with van der Waals surface area (Å²) in [5.74, 6) is -1.49. The average molecular weight is 506 g/mol. The number of ether oxygens (including phenoxy) is 1. The Morgan fingerprint density at radius 1 is 1.00 bits per heavy atom. The molecule has 3 aromatic rings. The molecule has 0 bridgehead atoms. The first-order chi connectivity index (χ1) is 16.5. The number of sulfone groups is 1. The molecule has 2 aromatic carbocycles. The van der Waals surface area contributed by atoms with E-state index in [9.17, 15) is 22.0 Å². The lowest BCUT2D eigenvalue weighted by atomic mass is 10.2. The van der Waals surface area contributed by atoms with Gasteiger partial charge >= 0.3 is 6.09 Å². The van der Waals surface area contributed by atoms with Gasteiger partial charge in [0.1, 0.15) is 17.2 Å². The quantitative estimate of drug-likeness (QED) is 0.482. The summed E-state index contributed by atoms with van der Waals surface area (Å²) in [6.07, 6.45) is -0.471. The molecule has 186 valence electrons. The number of hydrogen-bond donors (Lipinski definition) is 0. The van der Waals surface area contributed by atoms with E-state index in [1.807, 2.05) is 0 Å². The van der Waals surface area contributed by atoms with Crippen molar-refractivity contribution in [1.82, 2.24) is 9.88 Å². The van der Waals surface area contributed by atoms with Crippen molar-refractivity contribution in [2.75, 3.05) is 31.1 Å². The van der Waals surface area contributed by atoms with Gasteiger partial charge in [0, 0.05) is 26.2 Å². The van der Waals surface area contributed by atoms with E-state index < -0.39 is 38.2 Å². The number of benzene rings is 2. The minimum atomic E-state index is -4.23. The number of carbonyl (C=O) groups excluding carboxylic acids is 1. The molecule has 1 aromatic heterocycles. The monoisotopic (exact) mass is 505 g/mol. The summed E-state index contributed by atoms with van der Waals surface area (Å²) < 4.78 is 65.9. The third-order valence-electron chi connectivity index (χ3n) is 5.28. The van der Waals surface area contributed by atoms with Gasteiger partial charge in [0.15, 0.2) is 0 Å². The number of halogens is 2. The van der Waals surface area contributed by atoms with Gasteiger partial charge in [0.25, 0.3) is 0 Å². The van der Waals surface area contributed by atoms with Gasteiger partial charge in [-0.15, -0.1) is 0 Å². The van der Waals surface area contributed by atoms with Crippen molar-refractivity contribution in [2.24, 2.45) is 0 Å². The standard InChI is InChI=1S/C24H25F2N3O5S/c1-24(2,3)34-23(30)29-14-12-28(13-15-29)22-21(35(31,32)17-10-8-16(25)9-11-17)27-20(33-22)18-6-4-5-7-19(18)26/h4-11H,12-15H2,1-3H3.